The van der Waals surface area contributed by atoms with Gasteiger partial charge in [0.1, 0.15) is 11.5 Å². The molecule has 1 unspecified atom stereocenters. The van der Waals surface area contributed by atoms with E-state index in [1.807, 2.05) is 54.5 Å². The molecular formula is C33H61ClO7. The smallest absolute Gasteiger partial charge is 0.189 e. The van der Waals surface area contributed by atoms with Crippen molar-refractivity contribution in [2.45, 2.75) is 108 Å². The lowest BCUT2D eigenvalue weighted by Gasteiger charge is -2.19. The predicted molar refractivity (Wildman–Crippen MR) is 174 cm³/mol. The van der Waals surface area contributed by atoms with Crippen LogP contribution < -0.4 is 0 Å². The van der Waals surface area contributed by atoms with Gasteiger partial charge in [-0.15, -0.1) is 0 Å². The molecule has 0 aromatic heterocycles. The number of carbonyl (C=O) groups excluding carboxylic acids is 1. The summed E-state index contributed by atoms with van der Waals surface area (Å²) < 4.78 is 31.7. The predicted octanol–water partition coefficient (Wildman–Crippen LogP) is 9.64. The fraction of sp³-hybridized carbons (Fsp3) is 0.667. The fourth-order valence-corrected chi connectivity index (χ4v) is 2.27. The minimum atomic E-state index is -0.364. The van der Waals surface area contributed by atoms with Gasteiger partial charge in [0.25, 0.3) is 0 Å². The Morgan fingerprint density at radius 2 is 1.34 bits per heavy atom. The Morgan fingerprint density at radius 3 is 1.73 bits per heavy atom. The normalized spacial score (nSPS) is 11.6. The van der Waals surface area contributed by atoms with Crippen LogP contribution in [-0.4, -0.2) is 52.6 Å². The molecule has 0 heterocycles. The number of rotatable bonds is 18. The Bertz CT molecular complexity index is 736. The number of ether oxygens (including phenoxy) is 6. The first kappa shape index (κ1) is 46.1. The summed E-state index contributed by atoms with van der Waals surface area (Å²) in [5, 5.41) is 0.565. The second kappa shape index (κ2) is 36.1. The minimum Gasteiger partial charge on any atom is -0.472 e. The number of carbonyl (C=O) groups is 1. The van der Waals surface area contributed by atoms with Crippen LogP contribution in [0.1, 0.15) is 102 Å². The minimum absolute atomic E-state index is 0.127. The second-order valence-corrected chi connectivity index (χ2v) is 9.10. The number of halogens is 1. The third-order valence-electron chi connectivity index (χ3n) is 4.43. The lowest BCUT2D eigenvalue weighted by atomic mass is 10.2. The van der Waals surface area contributed by atoms with Crippen LogP contribution in [0.5, 0.6) is 0 Å². The molecule has 0 rings (SSSR count). The van der Waals surface area contributed by atoms with Crippen molar-refractivity contribution in [1.82, 2.24) is 0 Å². The highest BCUT2D eigenvalue weighted by Crippen LogP contribution is 2.18. The molecule has 0 aliphatic rings. The van der Waals surface area contributed by atoms with Crippen molar-refractivity contribution in [3.8, 4) is 0 Å². The Kier molecular flexibility index (Phi) is 40.6. The summed E-state index contributed by atoms with van der Waals surface area (Å²) in [5.74, 6) is 1.37. The molecule has 0 aliphatic heterocycles. The zero-order valence-electron chi connectivity index (χ0n) is 28.2. The van der Waals surface area contributed by atoms with Crippen LogP contribution in [0.2, 0.25) is 0 Å². The van der Waals surface area contributed by atoms with Crippen molar-refractivity contribution in [2.24, 2.45) is 0 Å². The molecule has 0 saturated carbocycles. The Labute approximate surface area is 257 Å². The maximum absolute atomic E-state index is 10.1. The Balaban J connectivity index is -0.000000264. The van der Waals surface area contributed by atoms with Gasteiger partial charge in [-0.05, 0) is 73.8 Å². The third kappa shape index (κ3) is 36.1. The van der Waals surface area contributed by atoms with E-state index < -0.39 is 0 Å². The van der Waals surface area contributed by atoms with Crippen LogP contribution >= 0.6 is 11.6 Å². The van der Waals surface area contributed by atoms with E-state index in [0.717, 1.165) is 36.2 Å². The van der Waals surface area contributed by atoms with Gasteiger partial charge in [0.2, 0.25) is 0 Å². The standard InChI is InChI=1S/C15H28O4.C9H15ClO2.C6H10O.C3H8/c1-6-8-9-10-11-18-15(16-5)13(3)14(4)19-12-17-7-2;1-5-11-6-12-8(4)9(10)7(2)3;1-3-4-5-6(2)7;1-3-2/h8-9,15H,6-7,10-12H2,1-5H3;4-6H2,1-3H3;4-5H,3H2,1-2H3;3H2,1-2H3/b9-8+,14-13-;;5-4+;. The van der Waals surface area contributed by atoms with E-state index in [-0.39, 0.29) is 25.7 Å². The van der Waals surface area contributed by atoms with E-state index in [0.29, 0.717) is 30.6 Å². The lowest BCUT2D eigenvalue weighted by Crippen LogP contribution is -2.19. The van der Waals surface area contributed by atoms with E-state index in [1.165, 1.54) is 6.42 Å². The van der Waals surface area contributed by atoms with E-state index >= 15 is 0 Å². The highest BCUT2D eigenvalue weighted by Gasteiger charge is 2.13. The van der Waals surface area contributed by atoms with Gasteiger partial charge in [0, 0.05) is 25.9 Å². The van der Waals surface area contributed by atoms with Gasteiger partial charge in [0.05, 0.1) is 11.6 Å². The second-order valence-electron chi connectivity index (χ2n) is 8.72. The zero-order chi connectivity index (χ0) is 32.5. The first-order chi connectivity index (χ1) is 19.4. The molecule has 0 spiro atoms. The third-order valence-corrected chi connectivity index (χ3v) is 5.02. The molecule has 0 N–H and O–H groups in total. The molecule has 0 aliphatic carbocycles. The monoisotopic (exact) mass is 604 g/mol. The molecule has 41 heavy (non-hydrogen) atoms. The van der Waals surface area contributed by atoms with Crippen LogP contribution in [0.15, 0.2) is 58.6 Å². The molecule has 7 nitrogen and oxygen atoms in total. The van der Waals surface area contributed by atoms with Gasteiger partial charge in [-0.1, -0.05) is 76.1 Å². The molecule has 0 fully saturated rings. The highest BCUT2D eigenvalue weighted by atomic mass is 35.5. The molecule has 0 radical (unpaired) electrons. The summed E-state index contributed by atoms with van der Waals surface area (Å²) in [5.41, 5.74) is 1.92. The van der Waals surface area contributed by atoms with Gasteiger partial charge < -0.3 is 28.4 Å². The largest absolute Gasteiger partial charge is 0.472 e. The molecule has 0 aromatic rings. The molecule has 8 heteroatoms. The van der Waals surface area contributed by atoms with Crippen LogP contribution in [-0.2, 0) is 33.2 Å². The summed E-state index contributed by atoms with van der Waals surface area (Å²) in [6, 6.07) is 0. The quantitative estimate of drug-likeness (QED) is 0.0385. The van der Waals surface area contributed by atoms with E-state index in [2.05, 4.69) is 39.5 Å². The molecule has 0 bridgehead atoms. The summed E-state index contributed by atoms with van der Waals surface area (Å²) in [6.07, 6.45) is 11.4. The van der Waals surface area contributed by atoms with Crippen molar-refractivity contribution in [3.63, 3.8) is 0 Å². The van der Waals surface area contributed by atoms with Crippen LogP contribution in [0, 0.1) is 0 Å². The molecular weight excluding hydrogens is 544 g/mol. The summed E-state index contributed by atoms with van der Waals surface area (Å²) >= 11 is 5.84. The first-order valence-electron chi connectivity index (χ1n) is 14.5. The van der Waals surface area contributed by atoms with Crippen molar-refractivity contribution in [1.29, 1.82) is 0 Å². The van der Waals surface area contributed by atoms with E-state index in [4.69, 9.17) is 40.0 Å². The Hall–Kier alpha value is -1.90. The number of hydrogen-bond acceptors (Lipinski definition) is 7. The molecule has 0 amide bonds. The molecule has 0 saturated heterocycles. The highest BCUT2D eigenvalue weighted by molar-refractivity contribution is 6.32. The van der Waals surface area contributed by atoms with Gasteiger partial charge in [0.15, 0.2) is 25.7 Å². The van der Waals surface area contributed by atoms with Crippen molar-refractivity contribution in [2.75, 3.05) is 40.5 Å². The van der Waals surface area contributed by atoms with E-state index in [9.17, 15) is 4.79 Å². The van der Waals surface area contributed by atoms with Gasteiger partial charge in [-0.25, -0.2) is 0 Å². The molecule has 0 aromatic carbocycles. The lowest BCUT2D eigenvalue weighted by molar-refractivity contribution is -0.112. The Morgan fingerprint density at radius 1 is 0.829 bits per heavy atom. The zero-order valence-corrected chi connectivity index (χ0v) is 28.9. The number of ketones is 1. The average Bonchev–Trinajstić information content (AvgIpc) is 2.94. The van der Waals surface area contributed by atoms with Crippen LogP contribution in [0.4, 0.5) is 0 Å². The molecule has 1 atom stereocenters. The van der Waals surface area contributed by atoms with Crippen molar-refractivity contribution in [3.05, 3.63) is 58.6 Å². The maximum atomic E-state index is 10.1. The SMILES string of the molecule is C=C(OCOCC)C(Cl)=C(C)C.CC/C=C/C(C)=O.CC/C=C/CCOC(OC)/C(C)=C(/C)OCOCC.CCC. The van der Waals surface area contributed by atoms with E-state index in [1.54, 1.807) is 20.1 Å². The summed E-state index contributed by atoms with van der Waals surface area (Å²) in [4.78, 5) is 10.1. The number of hydrogen-bond donors (Lipinski definition) is 0. The van der Waals surface area contributed by atoms with Crippen molar-refractivity contribution < 1.29 is 33.2 Å². The number of methoxy groups -OCH3 is 1. The van der Waals surface area contributed by atoms with Crippen LogP contribution in [0.3, 0.4) is 0 Å². The first-order valence-corrected chi connectivity index (χ1v) is 14.9. The summed E-state index contributed by atoms with van der Waals surface area (Å²) in [6.45, 7) is 27.4. The molecule has 242 valence electrons. The average molecular weight is 605 g/mol. The van der Waals surface area contributed by atoms with Crippen LogP contribution in [0.25, 0.3) is 0 Å². The summed E-state index contributed by atoms with van der Waals surface area (Å²) in [7, 11) is 1.63. The van der Waals surface area contributed by atoms with Gasteiger partial charge in [-0.2, -0.15) is 0 Å². The maximum Gasteiger partial charge on any atom is 0.189 e. The van der Waals surface area contributed by atoms with Gasteiger partial charge >= 0.3 is 0 Å². The number of allylic oxidation sites excluding steroid dienone is 6. The van der Waals surface area contributed by atoms with Crippen molar-refractivity contribution >= 4 is 17.4 Å². The topological polar surface area (TPSA) is 72.5 Å². The van der Waals surface area contributed by atoms with Gasteiger partial charge in [-0.3, -0.25) is 4.79 Å². The fourth-order valence-electron chi connectivity index (χ4n) is 2.21.